The normalized spacial score (nSPS) is 21.3. The third-order valence-corrected chi connectivity index (χ3v) is 4.08. The van der Waals surface area contributed by atoms with E-state index in [9.17, 15) is 4.79 Å². The van der Waals surface area contributed by atoms with Gasteiger partial charge in [0.05, 0.1) is 11.7 Å². The second kappa shape index (κ2) is 5.14. The smallest absolute Gasteiger partial charge is 0.279 e. The minimum absolute atomic E-state index is 0.0616. The summed E-state index contributed by atoms with van der Waals surface area (Å²) in [6, 6.07) is 0. The molecule has 1 aliphatic heterocycles. The van der Waals surface area contributed by atoms with Crippen molar-refractivity contribution in [1.29, 1.82) is 0 Å². The van der Waals surface area contributed by atoms with Crippen LogP contribution < -0.4 is 10.2 Å². The van der Waals surface area contributed by atoms with Crippen molar-refractivity contribution < 1.29 is 4.74 Å². The predicted molar refractivity (Wildman–Crippen MR) is 62.2 cm³/mol. The fraction of sp³-hybridized carbons (Fsp3) is 0.625. The second-order valence-electron chi connectivity index (χ2n) is 3.15. The van der Waals surface area contributed by atoms with Crippen LogP contribution in [0.25, 0.3) is 0 Å². The van der Waals surface area contributed by atoms with Crippen LogP contribution in [0.5, 0.6) is 5.88 Å². The van der Waals surface area contributed by atoms with E-state index in [4.69, 9.17) is 16.3 Å². The highest BCUT2D eigenvalue weighted by Crippen LogP contribution is 2.20. The molecule has 15 heavy (non-hydrogen) atoms. The van der Waals surface area contributed by atoms with Crippen LogP contribution in [-0.4, -0.2) is 26.4 Å². The zero-order valence-electron chi connectivity index (χ0n) is 7.81. The van der Waals surface area contributed by atoms with Gasteiger partial charge < -0.3 is 4.74 Å². The lowest BCUT2D eigenvalue weighted by Gasteiger charge is -2.21. The maximum Gasteiger partial charge on any atom is 0.279 e. The average molecular weight is 265 g/mol. The van der Waals surface area contributed by atoms with Crippen molar-refractivity contribution in [2.45, 2.75) is 18.9 Å². The molecule has 2 rings (SSSR count). The maximum atomic E-state index is 11.5. The highest BCUT2D eigenvalue weighted by atomic mass is 35.5. The van der Waals surface area contributed by atoms with E-state index in [1.54, 1.807) is 0 Å². The first-order valence-electron chi connectivity index (χ1n) is 4.54. The Hall–Kier alpha value is -0.330. The molecule has 0 spiro atoms. The van der Waals surface area contributed by atoms with Gasteiger partial charge in [-0.2, -0.15) is 16.1 Å². The summed E-state index contributed by atoms with van der Waals surface area (Å²) in [5, 5.41) is -0.0616. The van der Waals surface area contributed by atoms with Gasteiger partial charge in [0.1, 0.15) is 6.10 Å². The van der Waals surface area contributed by atoms with Gasteiger partial charge >= 0.3 is 0 Å². The Morgan fingerprint density at radius 3 is 3.07 bits per heavy atom. The summed E-state index contributed by atoms with van der Waals surface area (Å²) in [5.41, 5.74) is -0.411. The Morgan fingerprint density at radius 1 is 1.47 bits per heavy atom. The number of halogens is 1. The molecule has 1 aromatic heterocycles. The molecule has 1 unspecified atom stereocenters. The van der Waals surface area contributed by atoms with E-state index in [1.807, 2.05) is 11.8 Å². The molecule has 0 N–H and O–H groups in total. The molecular weight excluding hydrogens is 256 g/mol. The molecule has 0 bridgehead atoms. The molecule has 0 aromatic carbocycles. The second-order valence-corrected chi connectivity index (χ2v) is 5.18. The van der Waals surface area contributed by atoms with E-state index in [-0.39, 0.29) is 17.1 Å². The largest absolute Gasteiger partial charge is 0.470 e. The number of hydrogen-bond acceptors (Lipinski definition) is 6. The number of ether oxygens (including phenoxy) is 1. The van der Waals surface area contributed by atoms with Crippen molar-refractivity contribution in [3.8, 4) is 5.88 Å². The summed E-state index contributed by atoms with van der Waals surface area (Å²) >= 11 is 8.32. The Labute approximate surface area is 100 Å². The summed E-state index contributed by atoms with van der Waals surface area (Å²) < 4.78 is 13.0. The van der Waals surface area contributed by atoms with E-state index < -0.39 is 5.43 Å². The molecule has 0 amide bonds. The first-order valence-corrected chi connectivity index (χ1v) is 6.80. The minimum atomic E-state index is -0.411. The Balaban J connectivity index is 2.09. The maximum absolute atomic E-state index is 11.5. The lowest BCUT2D eigenvalue weighted by molar-refractivity contribution is 0.202. The van der Waals surface area contributed by atoms with Crippen molar-refractivity contribution >= 4 is 35.1 Å². The first kappa shape index (κ1) is 11.2. The minimum Gasteiger partial charge on any atom is -0.470 e. The van der Waals surface area contributed by atoms with E-state index >= 15 is 0 Å². The molecule has 4 nitrogen and oxygen atoms in total. The average Bonchev–Trinajstić information content (AvgIpc) is 2.26. The van der Waals surface area contributed by atoms with Gasteiger partial charge in [0.2, 0.25) is 0 Å². The number of aromatic nitrogens is 2. The molecule has 1 atom stereocenters. The van der Waals surface area contributed by atoms with Gasteiger partial charge in [-0.05, 0) is 18.6 Å². The first-order chi connectivity index (χ1) is 7.27. The molecule has 7 heteroatoms. The van der Waals surface area contributed by atoms with Crippen LogP contribution in [0.4, 0.5) is 0 Å². The van der Waals surface area contributed by atoms with Crippen LogP contribution in [0.1, 0.15) is 12.8 Å². The summed E-state index contributed by atoms with van der Waals surface area (Å²) in [6.45, 7) is 0. The fourth-order valence-electron chi connectivity index (χ4n) is 1.30. The predicted octanol–water partition coefficient (Wildman–Crippen LogP) is 1.83. The zero-order valence-corrected chi connectivity index (χ0v) is 10.2. The topological polar surface area (TPSA) is 52.1 Å². The molecule has 0 radical (unpaired) electrons. The highest BCUT2D eigenvalue weighted by molar-refractivity contribution is 7.99. The summed E-state index contributed by atoms with van der Waals surface area (Å²) in [6.07, 6.45) is 2.17. The van der Waals surface area contributed by atoms with Gasteiger partial charge in [-0.3, -0.25) is 4.79 Å². The van der Waals surface area contributed by atoms with Gasteiger partial charge in [0, 0.05) is 5.75 Å². The van der Waals surface area contributed by atoms with Crippen LogP contribution >= 0.6 is 35.1 Å². The third-order valence-electron chi connectivity index (χ3n) is 2.02. The number of hydrogen-bond donors (Lipinski definition) is 0. The number of rotatable bonds is 2. The molecule has 1 saturated heterocycles. The number of nitrogens with zero attached hydrogens (tertiary/aromatic N) is 2. The Morgan fingerprint density at radius 2 is 2.33 bits per heavy atom. The van der Waals surface area contributed by atoms with Crippen molar-refractivity contribution in [3.05, 3.63) is 15.4 Å². The molecule has 1 fully saturated rings. The van der Waals surface area contributed by atoms with Crippen LogP contribution in [-0.2, 0) is 0 Å². The quantitative estimate of drug-likeness (QED) is 0.816. The standard InChI is InChI=1S/C8H9ClN2O2S2/c9-7-6(12)8(11-15-10-7)13-5-2-1-3-14-4-5/h5H,1-4H2. The Bertz CT molecular complexity index is 392. The molecule has 82 valence electrons. The van der Waals surface area contributed by atoms with Crippen LogP contribution in [0.15, 0.2) is 4.79 Å². The van der Waals surface area contributed by atoms with Crippen molar-refractivity contribution in [3.63, 3.8) is 0 Å². The van der Waals surface area contributed by atoms with Crippen LogP contribution in [0.3, 0.4) is 0 Å². The van der Waals surface area contributed by atoms with E-state index in [0.717, 1.165) is 36.1 Å². The summed E-state index contributed by atoms with van der Waals surface area (Å²) in [5.74, 6) is 2.16. The molecule has 0 aliphatic carbocycles. The van der Waals surface area contributed by atoms with Crippen molar-refractivity contribution in [2.24, 2.45) is 0 Å². The van der Waals surface area contributed by atoms with Gasteiger partial charge in [-0.1, -0.05) is 11.6 Å². The molecule has 1 aliphatic rings. The van der Waals surface area contributed by atoms with Gasteiger partial charge in [0.15, 0.2) is 5.15 Å². The van der Waals surface area contributed by atoms with E-state index in [2.05, 4.69) is 8.75 Å². The van der Waals surface area contributed by atoms with Crippen molar-refractivity contribution in [1.82, 2.24) is 8.75 Å². The zero-order chi connectivity index (χ0) is 10.7. The lowest BCUT2D eigenvalue weighted by Crippen LogP contribution is -2.26. The van der Waals surface area contributed by atoms with Crippen LogP contribution in [0.2, 0.25) is 5.15 Å². The third kappa shape index (κ3) is 2.83. The highest BCUT2D eigenvalue weighted by Gasteiger charge is 2.18. The van der Waals surface area contributed by atoms with Crippen LogP contribution in [0, 0.1) is 0 Å². The number of thioether (sulfide) groups is 1. The monoisotopic (exact) mass is 264 g/mol. The van der Waals surface area contributed by atoms with Gasteiger partial charge in [0.25, 0.3) is 11.3 Å². The van der Waals surface area contributed by atoms with Gasteiger partial charge in [-0.15, -0.1) is 4.37 Å². The van der Waals surface area contributed by atoms with Crippen molar-refractivity contribution in [2.75, 3.05) is 11.5 Å². The lowest BCUT2D eigenvalue weighted by atomic mass is 10.2. The SMILES string of the molecule is O=c1c(Cl)nsnc1OC1CCCSC1. The summed E-state index contributed by atoms with van der Waals surface area (Å²) in [4.78, 5) is 11.5. The summed E-state index contributed by atoms with van der Waals surface area (Å²) in [7, 11) is 0. The van der Waals surface area contributed by atoms with E-state index in [0.29, 0.717) is 0 Å². The van der Waals surface area contributed by atoms with E-state index in [1.165, 1.54) is 0 Å². The fourth-order valence-corrected chi connectivity index (χ4v) is 2.91. The van der Waals surface area contributed by atoms with Gasteiger partial charge in [-0.25, -0.2) is 0 Å². The molecule has 2 heterocycles. The molecule has 0 saturated carbocycles. The molecular formula is C8H9ClN2O2S2. The Kier molecular flexibility index (Phi) is 3.82. The molecule has 1 aromatic rings.